The van der Waals surface area contributed by atoms with Crippen molar-refractivity contribution in [2.75, 3.05) is 6.26 Å². The van der Waals surface area contributed by atoms with Crippen molar-refractivity contribution in [3.63, 3.8) is 0 Å². The van der Waals surface area contributed by atoms with E-state index in [9.17, 15) is 18.0 Å². The molecule has 0 radical (unpaired) electrons. The highest BCUT2D eigenvalue weighted by atomic mass is 32.2. The van der Waals surface area contributed by atoms with Gasteiger partial charge in [-0.05, 0) is 12.1 Å². The number of carbonyl (C=O) groups is 2. The average molecular weight is 305 g/mol. The van der Waals surface area contributed by atoms with Gasteiger partial charge in [0.2, 0.25) is 5.91 Å². The maximum atomic E-state index is 12.1. The van der Waals surface area contributed by atoms with E-state index in [1.54, 1.807) is 30.3 Å². The molecule has 2 heterocycles. The first-order chi connectivity index (χ1) is 9.88. The quantitative estimate of drug-likeness (QED) is 0.793. The highest BCUT2D eigenvalue weighted by molar-refractivity contribution is 7.90. The summed E-state index contributed by atoms with van der Waals surface area (Å²) in [6, 6.07) is 8.59. The summed E-state index contributed by atoms with van der Waals surface area (Å²) in [6.45, 7) is 0. The van der Waals surface area contributed by atoms with Gasteiger partial charge in [0.05, 0.1) is 17.8 Å². The third kappa shape index (κ3) is 2.23. The van der Waals surface area contributed by atoms with Crippen LogP contribution in [0.3, 0.4) is 0 Å². The molecule has 0 saturated carbocycles. The molecule has 0 unspecified atom stereocenters. The zero-order valence-electron chi connectivity index (χ0n) is 11.0. The number of hydrogen-bond donors (Lipinski definition) is 1. The number of imide groups is 1. The number of benzene rings is 1. The minimum absolute atomic E-state index is 0.0547. The van der Waals surface area contributed by atoms with Crippen molar-refractivity contribution in [2.24, 2.45) is 0 Å². The van der Waals surface area contributed by atoms with Gasteiger partial charge in [-0.2, -0.15) is 5.10 Å². The van der Waals surface area contributed by atoms with E-state index in [0.717, 1.165) is 6.26 Å². The van der Waals surface area contributed by atoms with Gasteiger partial charge in [-0.25, -0.2) is 13.1 Å². The maximum absolute atomic E-state index is 12.1. The van der Waals surface area contributed by atoms with E-state index in [1.165, 1.54) is 4.68 Å². The van der Waals surface area contributed by atoms with Crippen LogP contribution in [0.25, 0.3) is 5.69 Å². The number of carbonyl (C=O) groups excluding carboxylic acids is 2. The molecule has 21 heavy (non-hydrogen) atoms. The monoisotopic (exact) mass is 305 g/mol. The third-order valence-corrected chi connectivity index (χ3v) is 4.16. The number of nitrogens with zero attached hydrogens (tertiary/aromatic N) is 2. The number of fused-ring (bicyclic) bond motifs is 1. The number of nitrogens with one attached hydrogen (secondary N) is 1. The Labute approximate surface area is 120 Å². The van der Waals surface area contributed by atoms with Crippen molar-refractivity contribution in [1.82, 2.24) is 15.1 Å². The molecule has 1 N–H and O–H groups in total. The number of rotatable bonds is 2. The number of sulfone groups is 1. The highest BCUT2D eigenvalue weighted by Crippen LogP contribution is 2.25. The molecule has 1 aromatic heterocycles. The van der Waals surface area contributed by atoms with Gasteiger partial charge in [-0.15, -0.1) is 0 Å². The lowest BCUT2D eigenvalue weighted by Crippen LogP contribution is -2.37. The summed E-state index contributed by atoms with van der Waals surface area (Å²) in [5, 5.41) is 6.06. The van der Waals surface area contributed by atoms with Gasteiger partial charge in [0.25, 0.3) is 5.91 Å². The SMILES string of the molecule is CS(=O)(=O)c1c2c(nn1-c1ccccc1)CC(=O)NC2=O. The van der Waals surface area contributed by atoms with Crippen LogP contribution in [0.15, 0.2) is 35.4 Å². The molecule has 0 saturated heterocycles. The van der Waals surface area contributed by atoms with E-state index >= 15 is 0 Å². The zero-order chi connectivity index (χ0) is 15.2. The molecule has 0 atom stereocenters. The van der Waals surface area contributed by atoms with Crippen molar-refractivity contribution in [2.45, 2.75) is 11.4 Å². The van der Waals surface area contributed by atoms with E-state index in [0.29, 0.717) is 5.69 Å². The maximum Gasteiger partial charge on any atom is 0.262 e. The second-order valence-electron chi connectivity index (χ2n) is 4.70. The van der Waals surface area contributed by atoms with Crippen LogP contribution in [0.4, 0.5) is 0 Å². The lowest BCUT2D eigenvalue weighted by molar-refractivity contribution is -0.119. The summed E-state index contributed by atoms with van der Waals surface area (Å²) in [5.74, 6) is -1.23. The number of hydrogen-bond acceptors (Lipinski definition) is 5. The van der Waals surface area contributed by atoms with Gasteiger partial charge >= 0.3 is 0 Å². The Hall–Kier alpha value is -2.48. The van der Waals surface area contributed by atoms with E-state index in [2.05, 4.69) is 10.4 Å². The van der Waals surface area contributed by atoms with E-state index in [1.807, 2.05) is 0 Å². The fraction of sp³-hybridized carbons (Fsp3) is 0.154. The van der Waals surface area contributed by atoms with Crippen LogP contribution in [-0.2, 0) is 21.1 Å². The van der Waals surface area contributed by atoms with Crippen molar-refractivity contribution in [3.05, 3.63) is 41.6 Å². The fourth-order valence-corrected chi connectivity index (χ4v) is 3.31. The molecule has 0 aliphatic carbocycles. The van der Waals surface area contributed by atoms with Crippen molar-refractivity contribution in [3.8, 4) is 5.69 Å². The first-order valence-corrected chi connectivity index (χ1v) is 7.98. The molecule has 0 spiro atoms. The zero-order valence-corrected chi connectivity index (χ0v) is 11.8. The summed E-state index contributed by atoms with van der Waals surface area (Å²) < 4.78 is 25.3. The smallest absolute Gasteiger partial charge is 0.262 e. The first-order valence-electron chi connectivity index (χ1n) is 6.09. The van der Waals surface area contributed by atoms with Crippen LogP contribution < -0.4 is 5.32 Å². The van der Waals surface area contributed by atoms with Crippen molar-refractivity contribution in [1.29, 1.82) is 0 Å². The van der Waals surface area contributed by atoms with Crippen LogP contribution in [0.2, 0.25) is 0 Å². The normalized spacial score (nSPS) is 14.7. The minimum atomic E-state index is -3.70. The lowest BCUT2D eigenvalue weighted by atomic mass is 10.1. The van der Waals surface area contributed by atoms with Crippen LogP contribution in [0.5, 0.6) is 0 Å². The molecule has 7 nitrogen and oxygen atoms in total. The number of amides is 2. The van der Waals surface area contributed by atoms with Crippen LogP contribution >= 0.6 is 0 Å². The fourth-order valence-electron chi connectivity index (χ4n) is 2.27. The van der Waals surface area contributed by atoms with Gasteiger partial charge in [-0.3, -0.25) is 14.9 Å². The Morgan fingerprint density at radius 1 is 1.19 bits per heavy atom. The van der Waals surface area contributed by atoms with E-state index in [-0.39, 0.29) is 22.7 Å². The lowest BCUT2D eigenvalue weighted by Gasteiger charge is -2.10. The molecule has 0 bridgehead atoms. The van der Waals surface area contributed by atoms with Crippen molar-refractivity contribution < 1.29 is 18.0 Å². The molecule has 3 rings (SSSR count). The molecule has 108 valence electrons. The summed E-state index contributed by atoms with van der Waals surface area (Å²) in [4.78, 5) is 23.4. The predicted molar refractivity (Wildman–Crippen MR) is 72.9 cm³/mol. The molecular formula is C13H11N3O4S. The first kappa shape index (κ1) is 13.5. The van der Waals surface area contributed by atoms with Gasteiger partial charge in [-0.1, -0.05) is 18.2 Å². The molecule has 0 fully saturated rings. The predicted octanol–water partition coefficient (Wildman–Crippen LogP) is 0.0883. The second kappa shape index (κ2) is 4.52. The molecule has 1 aliphatic rings. The highest BCUT2D eigenvalue weighted by Gasteiger charge is 2.35. The molecule has 1 aromatic carbocycles. The Bertz CT molecular complexity index is 853. The minimum Gasteiger partial charge on any atom is -0.292 e. The second-order valence-corrected chi connectivity index (χ2v) is 6.63. The molecule has 1 aliphatic heterocycles. The average Bonchev–Trinajstić information content (AvgIpc) is 2.79. The largest absolute Gasteiger partial charge is 0.292 e. The Morgan fingerprint density at radius 2 is 1.86 bits per heavy atom. The summed E-state index contributed by atoms with van der Waals surface area (Å²) >= 11 is 0. The van der Waals surface area contributed by atoms with Gasteiger partial charge in [0.1, 0.15) is 5.56 Å². The summed E-state index contributed by atoms with van der Waals surface area (Å²) in [6.07, 6.45) is 0.886. The van der Waals surface area contributed by atoms with Crippen LogP contribution in [0.1, 0.15) is 16.1 Å². The van der Waals surface area contributed by atoms with Crippen molar-refractivity contribution >= 4 is 21.7 Å². The standard InChI is InChI=1S/C13H11N3O4S/c1-21(19,20)13-11-9(7-10(17)14-12(11)18)15-16(13)8-5-3-2-4-6-8/h2-6H,7H2,1H3,(H,14,17,18). The topological polar surface area (TPSA) is 98.1 Å². The molecular weight excluding hydrogens is 294 g/mol. The van der Waals surface area contributed by atoms with Gasteiger partial charge < -0.3 is 0 Å². The summed E-state index contributed by atoms with van der Waals surface area (Å²) in [5.41, 5.74) is 0.626. The number of aromatic nitrogens is 2. The molecule has 8 heteroatoms. The Kier molecular flexibility index (Phi) is 2.91. The molecule has 2 aromatic rings. The Morgan fingerprint density at radius 3 is 2.48 bits per heavy atom. The van der Waals surface area contributed by atoms with E-state index < -0.39 is 21.7 Å². The summed E-state index contributed by atoms with van der Waals surface area (Å²) in [7, 11) is -3.70. The van der Waals surface area contributed by atoms with Crippen LogP contribution in [0, 0.1) is 0 Å². The van der Waals surface area contributed by atoms with Gasteiger partial charge in [0.15, 0.2) is 14.9 Å². The van der Waals surface area contributed by atoms with Gasteiger partial charge in [0, 0.05) is 6.26 Å². The van der Waals surface area contributed by atoms with Crippen LogP contribution in [-0.4, -0.2) is 36.3 Å². The number of para-hydroxylation sites is 1. The third-order valence-electron chi connectivity index (χ3n) is 3.08. The van der Waals surface area contributed by atoms with E-state index in [4.69, 9.17) is 0 Å². The Balaban J connectivity index is 2.35. The molecule has 2 amide bonds.